The molecule has 9 nitrogen and oxygen atoms in total. The minimum absolute atomic E-state index is 0.184. The number of hydrogen-bond acceptors (Lipinski definition) is 7. The Morgan fingerprint density at radius 1 is 0.352 bits per heavy atom. The van der Waals surface area contributed by atoms with Crippen LogP contribution in [0.1, 0.15) is 341 Å². The average Bonchev–Trinajstić information content (AvgIpc) is 3.50. The largest absolute Gasteiger partial charge is 0.477 e. The van der Waals surface area contributed by atoms with E-state index in [0.717, 1.165) is 89.9 Å². The molecule has 0 aromatic heterocycles. The summed E-state index contributed by atoms with van der Waals surface area (Å²) >= 11 is 0. The predicted octanol–water partition coefficient (Wildman–Crippen LogP) is 23.4. The Bertz CT molecular complexity index is 1720. The highest BCUT2D eigenvalue weighted by atomic mass is 16.7. The van der Waals surface area contributed by atoms with E-state index in [-0.39, 0.29) is 32.2 Å². The first-order valence-corrected chi connectivity index (χ1v) is 37.3. The third-order valence-corrected chi connectivity index (χ3v) is 16.4. The van der Waals surface area contributed by atoms with Crippen LogP contribution >= 0.6 is 0 Å². The molecule has 0 aliphatic heterocycles. The maximum Gasteiger partial charge on any atom is 0.361 e. The van der Waals surface area contributed by atoms with Crippen LogP contribution in [-0.2, 0) is 33.3 Å². The van der Waals surface area contributed by atoms with Gasteiger partial charge in [0.15, 0.2) is 6.10 Å². The van der Waals surface area contributed by atoms with Gasteiger partial charge in [-0.3, -0.25) is 9.59 Å². The molecule has 0 bridgehead atoms. The van der Waals surface area contributed by atoms with Crippen LogP contribution in [0.15, 0.2) is 85.1 Å². The van der Waals surface area contributed by atoms with Gasteiger partial charge in [0.25, 0.3) is 6.29 Å². The van der Waals surface area contributed by atoms with Crippen LogP contribution in [0.2, 0.25) is 0 Å². The van der Waals surface area contributed by atoms with E-state index in [0.29, 0.717) is 23.9 Å². The molecule has 0 radical (unpaired) electrons. The van der Waals surface area contributed by atoms with Gasteiger partial charge in [-0.2, -0.15) is 0 Å². The Kier molecular flexibility index (Phi) is 66.6. The van der Waals surface area contributed by atoms with Gasteiger partial charge >= 0.3 is 17.9 Å². The normalized spacial score (nSPS) is 13.1. The van der Waals surface area contributed by atoms with Crippen molar-refractivity contribution in [3.8, 4) is 0 Å². The summed E-state index contributed by atoms with van der Waals surface area (Å²) in [6.45, 7) is 4.80. The van der Waals surface area contributed by atoms with Crippen molar-refractivity contribution < 1.29 is 42.9 Å². The summed E-state index contributed by atoms with van der Waals surface area (Å²) in [4.78, 5) is 37.7. The van der Waals surface area contributed by atoms with Crippen molar-refractivity contribution in [1.82, 2.24) is 0 Å². The number of allylic oxidation sites excluding steroid dienone is 14. The molecular weight excluding hydrogens is 1090 g/mol. The Balaban J connectivity index is 4.08. The van der Waals surface area contributed by atoms with Crippen LogP contribution in [-0.4, -0.2) is 87.4 Å². The Hall–Kier alpha value is -3.53. The number of hydrogen-bond donors (Lipinski definition) is 1. The molecule has 0 aliphatic carbocycles. The third-order valence-electron chi connectivity index (χ3n) is 16.4. The molecule has 0 aromatic carbocycles. The van der Waals surface area contributed by atoms with Gasteiger partial charge in [-0.15, -0.1) is 0 Å². The molecule has 0 spiro atoms. The smallest absolute Gasteiger partial charge is 0.361 e. The fourth-order valence-corrected chi connectivity index (χ4v) is 10.8. The lowest BCUT2D eigenvalue weighted by atomic mass is 10.0. The van der Waals surface area contributed by atoms with Crippen LogP contribution in [0, 0.1) is 0 Å². The zero-order valence-corrected chi connectivity index (χ0v) is 58.4. The van der Waals surface area contributed by atoms with E-state index in [4.69, 9.17) is 18.9 Å². The van der Waals surface area contributed by atoms with E-state index in [9.17, 15) is 19.5 Å². The number of carbonyl (C=O) groups excluding carboxylic acids is 2. The number of nitrogens with zero attached hydrogens (tertiary/aromatic N) is 1. The first kappa shape index (κ1) is 84.5. The maximum absolute atomic E-state index is 13.0. The molecule has 0 rings (SSSR count). The topological polar surface area (TPSA) is 108 Å². The van der Waals surface area contributed by atoms with E-state index >= 15 is 0 Å². The van der Waals surface area contributed by atoms with E-state index in [1.54, 1.807) is 0 Å². The van der Waals surface area contributed by atoms with Crippen molar-refractivity contribution in [2.24, 2.45) is 0 Å². The van der Waals surface area contributed by atoms with Crippen molar-refractivity contribution in [2.75, 3.05) is 47.5 Å². The van der Waals surface area contributed by atoms with Gasteiger partial charge in [0.2, 0.25) is 0 Å². The van der Waals surface area contributed by atoms with Gasteiger partial charge in [-0.25, -0.2) is 4.79 Å². The highest BCUT2D eigenvalue weighted by Crippen LogP contribution is 2.19. The SMILES string of the molecule is CC/C=C\C/C=C\C/C=C\C/C=C\C/C=C\C/C=C\C/C=C\CCCCCCCCCCCC(=O)OC(COC(=O)CCCCCCCCCCCCCCCCCCCCCCCCCCCCCCCCCC)COC(OCC[N+](C)(C)C)C(=O)O. The van der Waals surface area contributed by atoms with E-state index in [1.807, 2.05) is 21.1 Å². The summed E-state index contributed by atoms with van der Waals surface area (Å²) < 4.78 is 23.0. The molecule has 0 saturated carbocycles. The van der Waals surface area contributed by atoms with E-state index < -0.39 is 24.3 Å². The van der Waals surface area contributed by atoms with Crippen molar-refractivity contribution in [2.45, 2.75) is 354 Å². The summed E-state index contributed by atoms with van der Waals surface area (Å²) in [7, 11) is 5.98. The Morgan fingerprint density at radius 3 is 0.966 bits per heavy atom. The van der Waals surface area contributed by atoms with Crippen molar-refractivity contribution >= 4 is 17.9 Å². The van der Waals surface area contributed by atoms with Crippen molar-refractivity contribution in [3.05, 3.63) is 85.1 Å². The number of likely N-dealkylation sites (N-methyl/N-ethyl adjacent to an activating group) is 1. The molecule has 0 fully saturated rings. The highest BCUT2D eigenvalue weighted by Gasteiger charge is 2.25. The molecule has 2 unspecified atom stereocenters. The lowest BCUT2D eigenvalue weighted by molar-refractivity contribution is -0.870. The summed E-state index contributed by atoms with van der Waals surface area (Å²) in [6.07, 6.45) is 91.4. The highest BCUT2D eigenvalue weighted by molar-refractivity contribution is 5.71. The van der Waals surface area contributed by atoms with Gasteiger partial charge in [-0.1, -0.05) is 343 Å². The molecule has 0 aromatic rings. The number of ether oxygens (including phenoxy) is 4. The standard InChI is InChI=1S/C79H141NO8/c1-6-8-10-12-14-16-18-20-22-24-26-28-30-32-34-36-38-40-41-43-45-47-49-51-53-55-57-59-61-63-65-67-69-76(81)86-73-75(74-87-79(78(83)84)85-72-71-80(3,4)5)88-77(82)70-68-66-64-62-60-58-56-54-52-50-48-46-44-42-39-37-35-33-31-29-27-25-23-21-19-17-15-13-11-9-7-2/h9,11,15,17,21,23,27,29,33,35,39,42,46,48,75,79H,6-8,10,12-14,16,18-20,22,24-26,28,30-32,34,36-38,40-41,43-45,47,49-74H2,1-5H3/p+1/b11-9-,17-15-,23-21-,29-27-,35-33-,42-39-,48-46-. The molecule has 1 N–H and O–H groups in total. The van der Waals surface area contributed by atoms with Crippen LogP contribution in [0.3, 0.4) is 0 Å². The quantitative estimate of drug-likeness (QED) is 0.0211. The molecule has 88 heavy (non-hydrogen) atoms. The van der Waals surface area contributed by atoms with Crippen LogP contribution in [0.25, 0.3) is 0 Å². The fraction of sp³-hybridized carbons (Fsp3) is 0.785. The molecule has 0 heterocycles. The summed E-state index contributed by atoms with van der Waals surface area (Å²) in [5, 5.41) is 9.76. The number of rotatable bonds is 69. The summed E-state index contributed by atoms with van der Waals surface area (Å²) in [6, 6.07) is 0. The van der Waals surface area contributed by atoms with Gasteiger partial charge < -0.3 is 28.5 Å². The van der Waals surface area contributed by atoms with Crippen LogP contribution < -0.4 is 0 Å². The van der Waals surface area contributed by atoms with Crippen molar-refractivity contribution in [3.63, 3.8) is 0 Å². The maximum atomic E-state index is 13.0. The molecule has 0 amide bonds. The monoisotopic (exact) mass is 1230 g/mol. The lowest BCUT2D eigenvalue weighted by Crippen LogP contribution is -2.40. The number of carboxylic acid groups (broad SMARTS) is 1. The predicted molar refractivity (Wildman–Crippen MR) is 378 cm³/mol. The molecule has 510 valence electrons. The van der Waals surface area contributed by atoms with Gasteiger partial charge in [0.05, 0.1) is 34.4 Å². The summed E-state index contributed by atoms with van der Waals surface area (Å²) in [5.41, 5.74) is 0. The fourth-order valence-electron chi connectivity index (χ4n) is 10.8. The van der Waals surface area contributed by atoms with E-state index in [2.05, 4.69) is 98.9 Å². The summed E-state index contributed by atoms with van der Waals surface area (Å²) in [5.74, 6) is -2.00. The number of quaternary nitrogens is 1. The molecule has 9 heteroatoms. The second-order valence-corrected chi connectivity index (χ2v) is 26.2. The zero-order valence-electron chi connectivity index (χ0n) is 58.4. The Morgan fingerprint density at radius 2 is 0.648 bits per heavy atom. The zero-order chi connectivity index (χ0) is 64.0. The third kappa shape index (κ3) is 69.9. The molecule has 0 saturated heterocycles. The second kappa shape index (κ2) is 69.4. The molecular formula is C79H142NO8+. The number of aliphatic carboxylic acids is 1. The van der Waals surface area contributed by atoms with Crippen molar-refractivity contribution in [1.29, 1.82) is 0 Å². The van der Waals surface area contributed by atoms with Crippen LogP contribution in [0.5, 0.6) is 0 Å². The van der Waals surface area contributed by atoms with E-state index in [1.165, 1.54) is 218 Å². The minimum atomic E-state index is -1.52. The molecule has 0 aliphatic rings. The number of esters is 2. The lowest BCUT2D eigenvalue weighted by Gasteiger charge is -2.25. The first-order chi connectivity index (χ1) is 43.1. The Labute approximate surface area is 544 Å². The second-order valence-electron chi connectivity index (χ2n) is 26.2. The van der Waals surface area contributed by atoms with Gasteiger partial charge in [-0.05, 0) is 70.6 Å². The average molecular weight is 1230 g/mol. The first-order valence-electron chi connectivity index (χ1n) is 37.3. The molecule has 2 atom stereocenters. The number of carboxylic acids is 1. The minimum Gasteiger partial charge on any atom is -0.477 e. The number of unbranched alkanes of at least 4 members (excludes halogenated alkanes) is 40. The number of carbonyl (C=O) groups is 3. The van der Waals surface area contributed by atoms with Crippen LogP contribution in [0.4, 0.5) is 0 Å². The van der Waals surface area contributed by atoms with Gasteiger partial charge in [0.1, 0.15) is 13.2 Å². The van der Waals surface area contributed by atoms with Gasteiger partial charge in [0, 0.05) is 12.8 Å².